The van der Waals surface area contributed by atoms with Gasteiger partial charge >= 0.3 is 12.0 Å². The van der Waals surface area contributed by atoms with Crippen LogP contribution >= 0.6 is 15.9 Å². The number of hydrogen-bond donors (Lipinski definition) is 1. The average molecular weight is 402 g/mol. The van der Waals surface area contributed by atoms with E-state index in [-0.39, 0.29) is 6.01 Å². The number of nitrogens with one attached hydrogen (secondary N) is 1. The summed E-state index contributed by atoms with van der Waals surface area (Å²) in [5.41, 5.74) is 1.43. The average Bonchev–Trinajstić information content (AvgIpc) is 3.10. The molecule has 2 aromatic carbocycles. The van der Waals surface area contributed by atoms with Gasteiger partial charge in [-0.15, -0.1) is 5.10 Å². The van der Waals surface area contributed by atoms with Gasteiger partial charge < -0.3 is 9.15 Å². The minimum Gasteiger partial charge on any atom is -0.465 e. The fraction of sp³-hybridized carbons (Fsp3) is 0.0588. The molecule has 0 aliphatic rings. The van der Waals surface area contributed by atoms with E-state index in [1.807, 2.05) is 24.3 Å². The maximum atomic E-state index is 12.2. The van der Waals surface area contributed by atoms with Crippen LogP contribution in [0, 0.1) is 0 Å². The van der Waals surface area contributed by atoms with Crippen molar-refractivity contribution in [2.45, 2.75) is 0 Å². The molecule has 8 heteroatoms. The number of methoxy groups -OCH3 is 1. The van der Waals surface area contributed by atoms with Gasteiger partial charge in [-0.2, -0.15) is 0 Å². The normalized spacial score (nSPS) is 10.3. The van der Waals surface area contributed by atoms with Crippen LogP contribution in [0.3, 0.4) is 0 Å². The molecule has 0 radical (unpaired) electrons. The number of hydrogen-bond acceptors (Lipinski definition) is 6. The van der Waals surface area contributed by atoms with E-state index >= 15 is 0 Å². The molecule has 126 valence electrons. The molecule has 0 unspecified atom stereocenters. The molecule has 7 nitrogen and oxygen atoms in total. The molecule has 0 spiro atoms. The van der Waals surface area contributed by atoms with Gasteiger partial charge in [0, 0.05) is 15.6 Å². The van der Waals surface area contributed by atoms with E-state index in [1.165, 1.54) is 31.4 Å². The standard InChI is InChI=1S/C17H12BrN3O4/c1-24-16(23)12-4-2-10(3-5-12)14(22)19-17-21-20-15(25-17)11-6-8-13(18)9-7-11/h2-9H,1H3,(H,19,21,22). The first kappa shape index (κ1) is 16.8. The van der Waals surface area contributed by atoms with Crippen LogP contribution in [-0.2, 0) is 4.74 Å². The van der Waals surface area contributed by atoms with Crippen LogP contribution in [0.5, 0.6) is 0 Å². The molecule has 1 aromatic heterocycles. The zero-order chi connectivity index (χ0) is 17.8. The quantitative estimate of drug-likeness (QED) is 0.671. The van der Waals surface area contributed by atoms with Crippen molar-refractivity contribution in [2.75, 3.05) is 12.4 Å². The maximum Gasteiger partial charge on any atom is 0.337 e. The van der Waals surface area contributed by atoms with E-state index in [2.05, 4.69) is 36.2 Å². The molecule has 0 saturated carbocycles. The highest BCUT2D eigenvalue weighted by atomic mass is 79.9. The summed E-state index contributed by atoms with van der Waals surface area (Å²) in [6, 6.07) is 13.3. The fourth-order valence-corrected chi connectivity index (χ4v) is 2.29. The number of halogens is 1. The molecule has 3 rings (SSSR count). The number of benzene rings is 2. The van der Waals surface area contributed by atoms with E-state index in [0.29, 0.717) is 17.0 Å². The molecule has 3 aromatic rings. The molecule has 1 heterocycles. The summed E-state index contributed by atoms with van der Waals surface area (Å²) in [7, 11) is 1.29. The Bertz CT molecular complexity index is 904. The second kappa shape index (κ2) is 7.27. The maximum absolute atomic E-state index is 12.2. The Hall–Kier alpha value is -3.00. The van der Waals surface area contributed by atoms with E-state index in [1.54, 1.807) is 0 Å². The Morgan fingerprint density at radius 1 is 1.00 bits per heavy atom. The van der Waals surface area contributed by atoms with Gasteiger partial charge in [0.15, 0.2) is 0 Å². The SMILES string of the molecule is COC(=O)c1ccc(C(=O)Nc2nnc(-c3ccc(Br)cc3)o2)cc1. The zero-order valence-electron chi connectivity index (χ0n) is 13.0. The summed E-state index contributed by atoms with van der Waals surface area (Å²) in [5, 5.41) is 10.2. The first-order valence-electron chi connectivity index (χ1n) is 7.16. The molecule has 0 fully saturated rings. The lowest BCUT2D eigenvalue weighted by Gasteiger charge is -2.02. The topological polar surface area (TPSA) is 94.3 Å². The lowest BCUT2D eigenvalue weighted by Crippen LogP contribution is -2.12. The Balaban J connectivity index is 1.71. The molecule has 1 amide bonds. The van der Waals surface area contributed by atoms with Crippen LogP contribution in [0.25, 0.3) is 11.5 Å². The predicted molar refractivity (Wildman–Crippen MR) is 93.2 cm³/mol. The van der Waals surface area contributed by atoms with Crippen molar-refractivity contribution in [3.05, 3.63) is 64.1 Å². The van der Waals surface area contributed by atoms with Crippen molar-refractivity contribution in [2.24, 2.45) is 0 Å². The molecule has 1 N–H and O–H groups in total. The van der Waals surface area contributed by atoms with Crippen molar-refractivity contribution in [3.63, 3.8) is 0 Å². The number of nitrogens with zero attached hydrogens (tertiary/aromatic N) is 2. The van der Waals surface area contributed by atoms with E-state index < -0.39 is 11.9 Å². The lowest BCUT2D eigenvalue weighted by molar-refractivity contribution is 0.0600. The first-order chi connectivity index (χ1) is 12.1. The van der Waals surface area contributed by atoms with Gasteiger partial charge in [0.05, 0.1) is 12.7 Å². The summed E-state index contributed by atoms with van der Waals surface area (Å²) in [6.07, 6.45) is 0. The third-order valence-corrected chi connectivity index (χ3v) is 3.83. The number of carbonyl (C=O) groups excluding carboxylic acids is 2. The van der Waals surface area contributed by atoms with Crippen molar-refractivity contribution >= 4 is 33.8 Å². The number of esters is 1. The van der Waals surface area contributed by atoms with E-state index in [9.17, 15) is 9.59 Å². The highest BCUT2D eigenvalue weighted by Gasteiger charge is 2.13. The van der Waals surface area contributed by atoms with Crippen LogP contribution in [0.4, 0.5) is 6.01 Å². The number of aromatic nitrogens is 2. The van der Waals surface area contributed by atoms with Gasteiger partial charge in [-0.25, -0.2) is 4.79 Å². The van der Waals surface area contributed by atoms with Gasteiger partial charge in [0.25, 0.3) is 5.91 Å². The predicted octanol–water partition coefficient (Wildman–Crippen LogP) is 3.54. The molecular weight excluding hydrogens is 390 g/mol. The number of carbonyl (C=O) groups is 2. The summed E-state index contributed by atoms with van der Waals surface area (Å²) in [4.78, 5) is 23.6. The van der Waals surface area contributed by atoms with Gasteiger partial charge in [-0.3, -0.25) is 10.1 Å². The smallest absolute Gasteiger partial charge is 0.337 e. The summed E-state index contributed by atoms with van der Waals surface area (Å²) in [5.74, 6) is -0.603. The van der Waals surface area contributed by atoms with E-state index in [4.69, 9.17) is 4.42 Å². The largest absolute Gasteiger partial charge is 0.465 e. The summed E-state index contributed by atoms with van der Waals surface area (Å²) >= 11 is 3.35. The van der Waals surface area contributed by atoms with Crippen LogP contribution in [0.2, 0.25) is 0 Å². The highest BCUT2D eigenvalue weighted by molar-refractivity contribution is 9.10. The molecule has 0 bridgehead atoms. The van der Waals surface area contributed by atoms with Crippen molar-refractivity contribution in [3.8, 4) is 11.5 Å². The molecule has 0 atom stereocenters. The third kappa shape index (κ3) is 3.92. The Morgan fingerprint density at radius 2 is 1.64 bits per heavy atom. The van der Waals surface area contributed by atoms with Gasteiger partial charge in [-0.05, 0) is 48.5 Å². The Morgan fingerprint density at radius 3 is 2.28 bits per heavy atom. The molecular formula is C17H12BrN3O4. The summed E-state index contributed by atoms with van der Waals surface area (Å²) in [6.45, 7) is 0. The van der Waals surface area contributed by atoms with E-state index in [0.717, 1.165) is 10.0 Å². The van der Waals surface area contributed by atoms with Crippen molar-refractivity contribution in [1.82, 2.24) is 10.2 Å². The summed E-state index contributed by atoms with van der Waals surface area (Å²) < 4.78 is 11.0. The number of anilines is 1. The van der Waals surface area contributed by atoms with Crippen LogP contribution in [0.1, 0.15) is 20.7 Å². The fourth-order valence-electron chi connectivity index (χ4n) is 2.03. The molecule has 0 aliphatic carbocycles. The second-order valence-corrected chi connectivity index (χ2v) is 5.86. The second-order valence-electron chi connectivity index (χ2n) is 4.94. The van der Waals surface area contributed by atoms with Gasteiger partial charge in [0.1, 0.15) is 0 Å². The van der Waals surface area contributed by atoms with Gasteiger partial charge in [0.2, 0.25) is 5.89 Å². The number of amides is 1. The number of rotatable bonds is 4. The lowest BCUT2D eigenvalue weighted by atomic mass is 10.1. The van der Waals surface area contributed by atoms with Crippen LogP contribution in [-0.4, -0.2) is 29.2 Å². The zero-order valence-corrected chi connectivity index (χ0v) is 14.6. The first-order valence-corrected chi connectivity index (χ1v) is 7.95. The highest BCUT2D eigenvalue weighted by Crippen LogP contribution is 2.22. The third-order valence-electron chi connectivity index (χ3n) is 3.30. The van der Waals surface area contributed by atoms with Crippen molar-refractivity contribution < 1.29 is 18.7 Å². The van der Waals surface area contributed by atoms with Gasteiger partial charge in [-0.1, -0.05) is 21.0 Å². The monoisotopic (exact) mass is 401 g/mol. The Kier molecular flexibility index (Phi) is 4.90. The van der Waals surface area contributed by atoms with Crippen LogP contribution < -0.4 is 5.32 Å². The molecule has 25 heavy (non-hydrogen) atoms. The number of ether oxygens (including phenoxy) is 1. The minimum absolute atomic E-state index is 0.0139. The van der Waals surface area contributed by atoms with Crippen molar-refractivity contribution in [1.29, 1.82) is 0 Å². The molecule has 0 saturated heterocycles. The minimum atomic E-state index is -0.469. The van der Waals surface area contributed by atoms with Crippen LogP contribution in [0.15, 0.2) is 57.4 Å². The molecule has 0 aliphatic heterocycles. The Labute approximate surface area is 151 Å².